The molecule has 6 heteroatoms. The van der Waals surface area contributed by atoms with Gasteiger partial charge in [0.05, 0.1) is 6.20 Å². The van der Waals surface area contributed by atoms with Gasteiger partial charge in [-0.25, -0.2) is 9.78 Å². The second-order valence-corrected chi connectivity index (χ2v) is 4.34. The predicted molar refractivity (Wildman–Crippen MR) is 57.7 cm³/mol. The Kier molecular flexibility index (Phi) is 3.89. The van der Waals surface area contributed by atoms with Crippen molar-refractivity contribution in [2.45, 2.75) is 32.4 Å². The van der Waals surface area contributed by atoms with E-state index in [2.05, 4.69) is 10.3 Å². The maximum absolute atomic E-state index is 11.5. The Morgan fingerprint density at radius 3 is 2.81 bits per heavy atom. The predicted octanol–water partition coefficient (Wildman–Crippen LogP) is 1.20. The van der Waals surface area contributed by atoms with Crippen LogP contribution in [0.3, 0.4) is 0 Å². The molecule has 1 unspecified atom stereocenters. The summed E-state index contributed by atoms with van der Waals surface area (Å²) < 4.78 is 10.2. The van der Waals surface area contributed by atoms with Crippen LogP contribution < -0.4 is 11.1 Å². The van der Waals surface area contributed by atoms with Crippen molar-refractivity contribution in [3.63, 3.8) is 0 Å². The topological polar surface area (TPSA) is 90.4 Å². The van der Waals surface area contributed by atoms with E-state index >= 15 is 0 Å². The number of alkyl carbamates (subject to hydrolysis) is 1. The number of nitrogens with one attached hydrogen (secondary N) is 1. The van der Waals surface area contributed by atoms with Gasteiger partial charge < -0.3 is 20.2 Å². The summed E-state index contributed by atoms with van der Waals surface area (Å²) in [5.41, 5.74) is 4.98. The van der Waals surface area contributed by atoms with Crippen molar-refractivity contribution in [3.8, 4) is 0 Å². The molecule has 6 nitrogen and oxygen atoms in total. The van der Waals surface area contributed by atoms with E-state index in [1.54, 1.807) is 20.8 Å². The largest absolute Gasteiger partial charge is 0.446 e. The molecule has 0 bridgehead atoms. The maximum atomic E-state index is 11.5. The highest BCUT2D eigenvalue weighted by molar-refractivity contribution is 5.68. The van der Waals surface area contributed by atoms with Crippen LogP contribution in [0.4, 0.5) is 4.79 Å². The zero-order valence-corrected chi connectivity index (χ0v) is 9.69. The van der Waals surface area contributed by atoms with Crippen molar-refractivity contribution in [1.82, 2.24) is 10.3 Å². The number of carbonyl (C=O) groups excluding carboxylic acids is 1. The summed E-state index contributed by atoms with van der Waals surface area (Å²) in [5.74, 6) is 0.508. The Morgan fingerprint density at radius 1 is 1.69 bits per heavy atom. The number of rotatable bonds is 3. The monoisotopic (exact) mass is 227 g/mol. The summed E-state index contributed by atoms with van der Waals surface area (Å²) in [6.07, 6.45) is 2.27. The average Bonchev–Trinajstić information content (AvgIpc) is 2.63. The van der Waals surface area contributed by atoms with Crippen molar-refractivity contribution in [2.75, 3.05) is 6.54 Å². The molecule has 3 N–H and O–H groups in total. The minimum absolute atomic E-state index is 0.217. The second kappa shape index (κ2) is 4.98. The van der Waals surface area contributed by atoms with E-state index in [0.29, 0.717) is 5.76 Å². The Hall–Kier alpha value is -1.56. The molecule has 0 saturated heterocycles. The highest BCUT2D eigenvalue weighted by Gasteiger charge is 2.21. The second-order valence-electron chi connectivity index (χ2n) is 4.34. The molecule has 1 aromatic rings. The average molecular weight is 227 g/mol. The van der Waals surface area contributed by atoms with Gasteiger partial charge in [0.1, 0.15) is 17.4 Å². The van der Waals surface area contributed by atoms with E-state index in [4.69, 9.17) is 14.9 Å². The zero-order chi connectivity index (χ0) is 12.2. The number of nitrogens with zero attached hydrogens (tertiary/aromatic N) is 1. The van der Waals surface area contributed by atoms with Crippen molar-refractivity contribution in [1.29, 1.82) is 0 Å². The third-order valence-corrected chi connectivity index (χ3v) is 1.72. The number of oxazole rings is 1. The van der Waals surface area contributed by atoms with E-state index in [0.717, 1.165) is 0 Å². The van der Waals surface area contributed by atoms with Crippen molar-refractivity contribution in [3.05, 3.63) is 18.4 Å². The van der Waals surface area contributed by atoms with Crippen molar-refractivity contribution in [2.24, 2.45) is 5.73 Å². The van der Waals surface area contributed by atoms with E-state index in [1.807, 2.05) is 0 Å². The lowest BCUT2D eigenvalue weighted by molar-refractivity contribution is 0.0499. The summed E-state index contributed by atoms with van der Waals surface area (Å²) in [4.78, 5) is 15.2. The van der Waals surface area contributed by atoms with Crippen LogP contribution in [-0.2, 0) is 4.74 Å². The summed E-state index contributed by atoms with van der Waals surface area (Å²) >= 11 is 0. The van der Waals surface area contributed by atoms with Crippen LogP contribution in [0.1, 0.15) is 32.6 Å². The lowest BCUT2D eigenvalue weighted by Crippen LogP contribution is -2.37. The van der Waals surface area contributed by atoms with Crippen LogP contribution in [0.25, 0.3) is 0 Å². The molecule has 0 saturated carbocycles. The van der Waals surface area contributed by atoms with Gasteiger partial charge in [-0.05, 0) is 20.8 Å². The molecule has 1 rings (SSSR count). The Labute approximate surface area is 94.2 Å². The van der Waals surface area contributed by atoms with Crippen molar-refractivity contribution >= 4 is 6.09 Å². The molecule has 90 valence electrons. The Bertz CT molecular complexity index is 330. The quantitative estimate of drug-likeness (QED) is 0.809. The third kappa shape index (κ3) is 3.90. The van der Waals surface area contributed by atoms with Crippen LogP contribution in [-0.4, -0.2) is 23.2 Å². The van der Waals surface area contributed by atoms with E-state index in [9.17, 15) is 4.79 Å². The molecular formula is C10H17N3O3. The lowest BCUT2D eigenvalue weighted by atomic mass is 10.2. The SMILES string of the molecule is CC(C)(C)OC(=O)NC(CN)c1cnco1. The normalized spacial score (nSPS) is 13.2. The fraction of sp³-hybridized carbons (Fsp3) is 0.600. The first-order valence-electron chi connectivity index (χ1n) is 5.00. The number of nitrogens with two attached hydrogens (primary N) is 1. The van der Waals surface area contributed by atoms with Gasteiger partial charge in [-0.15, -0.1) is 0 Å². The number of aromatic nitrogens is 1. The van der Waals surface area contributed by atoms with Gasteiger partial charge in [0.25, 0.3) is 0 Å². The summed E-state index contributed by atoms with van der Waals surface area (Å²) in [6.45, 7) is 5.59. The van der Waals surface area contributed by atoms with E-state index in [-0.39, 0.29) is 6.54 Å². The minimum atomic E-state index is -0.537. The molecule has 1 amide bonds. The highest BCUT2D eigenvalue weighted by Crippen LogP contribution is 2.12. The molecule has 1 atom stereocenters. The van der Waals surface area contributed by atoms with E-state index < -0.39 is 17.7 Å². The van der Waals surface area contributed by atoms with Gasteiger partial charge in [-0.3, -0.25) is 0 Å². The summed E-state index contributed by atoms with van der Waals surface area (Å²) in [6, 6.07) is -0.419. The number of ether oxygens (including phenoxy) is 1. The first-order valence-corrected chi connectivity index (χ1v) is 5.00. The Morgan fingerprint density at radius 2 is 2.38 bits per heavy atom. The maximum Gasteiger partial charge on any atom is 0.408 e. The smallest absolute Gasteiger partial charge is 0.408 e. The van der Waals surface area contributed by atoms with Crippen LogP contribution in [0.5, 0.6) is 0 Å². The molecular weight excluding hydrogens is 210 g/mol. The fourth-order valence-corrected chi connectivity index (χ4v) is 1.09. The zero-order valence-electron chi connectivity index (χ0n) is 9.69. The molecule has 0 aliphatic carbocycles. The number of carbonyl (C=O) groups is 1. The molecule has 16 heavy (non-hydrogen) atoms. The third-order valence-electron chi connectivity index (χ3n) is 1.72. The van der Waals surface area contributed by atoms with E-state index in [1.165, 1.54) is 12.6 Å². The minimum Gasteiger partial charge on any atom is -0.446 e. The van der Waals surface area contributed by atoms with Crippen LogP contribution in [0.15, 0.2) is 17.0 Å². The molecule has 1 aromatic heterocycles. The molecule has 0 fully saturated rings. The Balaban J connectivity index is 2.55. The lowest BCUT2D eigenvalue weighted by Gasteiger charge is -2.21. The van der Waals surface area contributed by atoms with Crippen LogP contribution in [0, 0.1) is 0 Å². The molecule has 1 heterocycles. The molecule has 0 radical (unpaired) electrons. The van der Waals surface area contributed by atoms with Gasteiger partial charge in [-0.2, -0.15) is 0 Å². The van der Waals surface area contributed by atoms with Gasteiger partial charge in [0.2, 0.25) is 0 Å². The highest BCUT2D eigenvalue weighted by atomic mass is 16.6. The number of hydrogen-bond acceptors (Lipinski definition) is 5. The molecule has 0 aliphatic rings. The van der Waals surface area contributed by atoms with Gasteiger partial charge in [-0.1, -0.05) is 0 Å². The first kappa shape index (κ1) is 12.5. The van der Waals surface area contributed by atoms with Crippen LogP contribution >= 0.6 is 0 Å². The van der Waals surface area contributed by atoms with Gasteiger partial charge >= 0.3 is 6.09 Å². The first-order chi connectivity index (χ1) is 7.42. The molecule has 0 aliphatic heterocycles. The standard InChI is InChI=1S/C10H17N3O3/c1-10(2,3)16-9(14)13-7(4-11)8-5-12-6-15-8/h5-7H,4,11H2,1-3H3,(H,13,14). The fourth-order valence-electron chi connectivity index (χ4n) is 1.09. The van der Waals surface area contributed by atoms with Crippen LogP contribution in [0.2, 0.25) is 0 Å². The number of amides is 1. The summed E-state index contributed by atoms with van der Waals surface area (Å²) in [7, 11) is 0. The molecule has 0 aromatic carbocycles. The number of hydrogen-bond donors (Lipinski definition) is 2. The summed E-state index contributed by atoms with van der Waals surface area (Å²) in [5, 5.41) is 2.61. The van der Waals surface area contributed by atoms with Gasteiger partial charge in [0.15, 0.2) is 6.39 Å². The van der Waals surface area contributed by atoms with Crippen molar-refractivity contribution < 1.29 is 13.9 Å². The molecule has 0 spiro atoms. The van der Waals surface area contributed by atoms with Gasteiger partial charge in [0, 0.05) is 6.54 Å².